The van der Waals surface area contributed by atoms with Gasteiger partial charge in [-0.15, -0.1) is 33.2 Å². The highest BCUT2D eigenvalue weighted by molar-refractivity contribution is 7.64. The summed E-state index contributed by atoms with van der Waals surface area (Å²) in [6.45, 7) is 0.727. The van der Waals surface area contributed by atoms with E-state index in [1.807, 2.05) is 0 Å². The molecule has 0 aliphatic rings. The third-order valence-corrected chi connectivity index (χ3v) is 3.41. The lowest BCUT2D eigenvalue weighted by Crippen LogP contribution is -2.09. The Hall–Kier alpha value is 0.557. The third-order valence-electron chi connectivity index (χ3n) is 0.790. The van der Waals surface area contributed by atoms with Gasteiger partial charge in [-0.05, 0) is 12.5 Å². The molecule has 0 rings (SSSR count). The van der Waals surface area contributed by atoms with Crippen molar-refractivity contribution in [2.45, 2.75) is 12.5 Å². The van der Waals surface area contributed by atoms with Gasteiger partial charge in [0.25, 0.3) is 6.47 Å². The Labute approximate surface area is 74.5 Å². The molecular weight excluding hydrogens is 214 g/mol. The molecule has 0 saturated carbocycles. The van der Waals surface area contributed by atoms with Gasteiger partial charge in [-0.3, -0.25) is 4.79 Å². The molecule has 0 saturated heterocycles. The summed E-state index contributed by atoms with van der Waals surface area (Å²) in [7, 11) is 0. The quantitative estimate of drug-likeness (QED) is 0.308. The van der Waals surface area contributed by atoms with Gasteiger partial charge in [-0.1, -0.05) is 0 Å². The zero-order chi connectivity index (χ0) is 8.04. The Morgan fingerprint density at radius 2 is 2.00 bits per heavy atom. The van der Waals surface area contributed by atoms with Crippen molar-refractivity contribution < 1.29 is 9.53 Å². The normalized spacial score (nSPS) is 11.1. The maximum atomic E-state index is 9.62. The standard InChI is InChI=1S/C4H7Cl3O2Si/c5-10(6,7)3-1-2-9-4-8/h4H,1-3H2. The zero-order valence-corrected chi connectivity index (χ0v) is 8.42. The maximum absolute atomic E-state index is 9.62. The molecule has 0 heterocycles. The molecule has 0 atom stereocenters. The van der Waals surface area contributed by atoms with Crippen LogP contribution in [0.3, 0.4) is 0 Å². The predicted octanol–water partition coefficient (Wildman–Crippen LogP) is 2.20. The van der Waals surface area contributed by atoms with Gasteiger partial charge in [0.2, 0.25) is 0 Å². The first-order valence-corrected chi connectivity index (χ1v) is 7.92. The fraction of sp³-hybridized carbons (Fsp3) is 0.750. The van der Waals surface area contributed by atoms with Crippen molar-refractivity contribution >= 4 is 45.7 Å². The van der Waals surface area contributed by atoms with Crippen LogP contribution < -0.4 is 0 Å². The van der Waals surface area contributed by atoms with E-state index in [9.17, 15) is 4.79 Å². The number of carbonyl (C=O) groups is 1. The van der Waals surface area contributed by atoms with Crippen molar-refractivity contribution in [3.8, 4) is 0 Å². The summed E-state index contributed by atoms with van der Waals surface area (Å²) in [5, 5.41) is 0. The Morgan fingerprint density at radius 1 is 1.40 bits per heavy atom. The van der Waals surface area contributed by atoms with Crippen LogP contribution in [-0.2, 0) is 9.53 Å². The van der Waals surface area contributed by atoms with Gasteiger partial charge in [0.05, 0.1) is 6.61 Å². The number of rotatable bonds is 5. The SMILES string of the molecule is O=COCCC[Si](Cl)(Cl)Cl. The highest BCUT2D eigenvalue weighted by atomic mass is 35.8. The summed E-state index contributed by atoms with van der Waals surface area (Å²) in [5.74, 6) is 0. The minimum absolute atomic E-state index is 0.338. The highest BCUT2D eigenvalue weighted by Gasteiger charge is 2.23. The van der Waals surface area contributed by atoms with E-state index < -0.39 is 6.00 Å². The number of hydrogen-bond acceptors (Lipinski definition) is 2. The minimum Gasteiger partial charge on any atom is -0.468 e. The Balaban J connectivity index is 3.12. The van der Waals surface area contributed by atoms with Crippen LogP contribution in [-0.4, -0.2) is 19.1 Å². The lowest BCUT2D eigenvalue weighted by Gasteiger charge is -2.05. The molecule has 0 N–H and O–H groups in total. The average Bonchev–Trinajstić information content (AvgIpc) is 1.78. The van der Waals surface area contributed by atoms with Crippen LogP contribution in [0.1, 0.15) is 6.42 Å². The molecule has 0 fully saturated rings. The summed E-state index contributed by atoms with van der Waals surface area (Å²) in [6, 6.07) is -1.95. The van der Waals surface area contributed by atoms with Crippen LogP contribution in [0.5, 0.6) is 0 Å². The van der Waals surface area contributed by atoms with E-state index in [-0.39, 0.29) is 0 Å². The van der Waals surface area contributed by atoms with E-state index in [0.717, 1.165) is 0 Å². The van der Waals surface area contributed by atoms with Crippen molar-refractivity contribution in [2.24, 2.45) is 0 Å². The van der Waals surface area contributed by atoms with Gasteiger partial charge in [-0.25, -0.2) is 0 Å². The Bertz CT molecular complexity index is 103. The van der Waals surface area contributed by atoms with Crippen molar-refractivity contribution in [1.82, 2.24) is 0 Å². The largest absolute Gasteiger partial charge is 0.468 e. The molecule has 0 aromatic heterocycles. The molecule has 0 aliphatic heterocycles. The first-order chi connectivity index (χ1) is 4.56. The van der Waals surface area contributed by atoms with Crippen molar-refractivity contribution in [3.63, 3.8) is 0 Å². The van der Waals surface area contributed by atoms with Crippen molar-refractivity contribution in [1.29, 1.82) is 0 Å². The monoisotopic (exact) mass is 220 g/mol. The number of hydrogen-bond donors (Lipinski definition) is 0. The molecule has 0 aromatic carbocycles. The summed E-state index contributed by atoms with van der Waals surface area (Å²) in [5.41, 5.74) is 0. The fourth-order valence-electron chi connectivity index (χ4n) is 0.404. The maximum Gasteiger partial charge on any atom is 0.341 e. The molecule has 0 spiro atoms. The Morgan fingerprint density at radius 3 is 2.40 bits per heavy atom. The first kappa shape index (κ1) is 10.6. The van der Waals surface area contributed by atoms with Gasteiger partial charge in [0.1, 0.15) is 0 Å². The van der Waals surface area contributed by atoms with Gasteiger partial charge >= 0.3 is 6.00 Å². The summed E-state index contributed by atoms with van der Waals surface area (Å²) < 4.78 is 4.39. The number of carbonyl (C=O) groups excluding carboxylic acids is 1. The van der Waals surface area contributed by atoms with E-state index in [0.29, 0.717) is 25.5 Å². The van der Waals surface area contributed by atoms with E-state index in [4.69, 9.17) is 33.2 Å². The second kappa shape index (κ2) is 5.24. The second-order valence-corrected chi connectivity index (χ2v) is 11.0. The third kappa shape index (κ3) is 8.56. The highest BCUT2D eigenvalue weighted by Crippen LogP contribution is 2.25. The van der Waals surface area contributed by atoms with E-state index >= 15 is 0 Å². The lowest BCUT2D eigenvalue weighted by atomic mass is 10.5. The molecule has 0 aromatic rings. The summed E-state index contributed by atoms with van der Waals surface area (Å²) >= 11 is 16.6. The average molecular weight is 222 g/mol. The molecule has 0 unspecified atom stereocenters. The van der Waals surface area contributed by atoms with Crippen LogP contribution in [0.4, 0.5) is 0 Å². The van der Waals surface area contributed by atoms with E-state index in [1.165, 1.54) is 0 Å². The van der Waals surface area contributed by atoms with E-state index in [2.05, 4.69) is 4.74 Å². The molecular formula is C4H7Cl3O2Si. The minimum atomic E-state index is -2.49. The predicted molar refractivity (Wildman–Crippen MR) is 44.8 cm³/mol. The number of ether oxygens (including phenoxy) is 1. The topological polar surface area (TPSA) is 26.3 Å². The van der Waals surface area contributed by atoms with Crippen LogP contribution in [0, 0.1) is 0 Å². The lowest BCUT2D eigenvalue weighted by molar-refractivity contribution is -0.128. The summed E-state index contributed by atoms with van der Waals surface area (Å²) in [6.07, 6.45) is 0.626. The summed E-state index contributed by atoms with van der Waals surface area (Å²) in [4.78, 5) is 9.62. The van der Waals surface area contributed by atoms with Crippen molar-refractivity contribution in [2.75, 3.05) is 6.61 Å². The smallest absolute Gasteiger partial charge is 0.341 e. The first-order valence-electron chi connectivity index (χ1n) is 2.68. The van der Waals surface area contributed by atoms with Crippen LogP contribution in [0.25, 0.3) is 0 Å². The second-order valence-electron chi connectivity index (χ2n) is 1.69. The molecule has 10 heavy (non-hydrogen) atoms. The molecule has 0 bridgehead atoms. The molecule has 0 amide bonds. The van der Waals surface area contributed by atoms with E-state index in [1.54, 1.807) is 0 Å². The van der Waals surface area contributed by atoms with Crippen LogP contribution in [0.15, 0.2) is 0 Å². The Kier molecular flexibility index (Phi) is 5.53. The zero-order valence-electron chi connectivity index (χ0n) is 5.15. The van der Waals surface area contributed by atoms with Gasteiger partial charge in [-0.2, -0.15) is 0 Å². The molecule has 6 heteroatoms. The molecule has 2 nitrogen and oxygen atoms in total. The molecule has 0 aliphatic carbocycles. The van der Waals surface area contributed by atoms with Gasteiger partial charge in [0.15, 0.2) is 0 Å². The van der Waals surface area contributed by atoms with Gasteiger partial charge < -0.3 is 4.74 Å². The number of halogens is 3. The van der Waals surface area contributed by atoms with Crippen LogP contribution >= 0.6 is 33.2 Å². The van der Waals surface area contributed by atoms with Gasteiger partial charge in [0, 0.05) is 0 Å². The molecule has 60 valence electrons. The molecule has 0 radical (unpaired) electrons. The van der Waals surface area contributed by atoms with Crippen molar-refractivity contribution in [3.05, 3.63) is 0 Å². The fourth-order valence-corrected chi connectivity index (χ4v) is 2.15. The van der Waals surface area contributed by atoms with Crippen LogP contribution in [0.2, 0.25) is 6.04 Å².